The fourth-order valence-electron chi connectivity index (χ4n) is 3.71. The van der Waals surface area contributed by atoms with Crippen LogP contribution in [0.4, 0.5) is 4.39 Å². The second kappa shape index (κ2) is 8.63. The van der Waals surface area contributed by atoms with Crippen LogP contribution in [0.2, 0.25) is 0 Å². The Morgan fingerprint density at radius 1 is 1.18 bits per heavy atom. The predicted molar refractivity (Wildman–Crippen MR) is 107 cm³/mol. The summed E-state index contributed by atoms with van der Waals surface area (Å²) in [6.45, 7) is 6.06. The molecule has 1 N–H and O–H groups in total. The third-order valence-electron chi connectivity index (χ3n) is 5.57. The van der Waals surface area contributed by atoms with Gasteiger partial charge in [-0.1, -0.05) is 51.1 Å². The number of para-hydroxylation sites is 2. The highest BCUT2D eigenvalue weighted by atomic mass is 19.1. The molecule has 1 amide bonds. The fraction of sp³-hybridized carbons (Fsp3) is 0.435. The number of halogens is 1. The van der Waals surface area contributed by atoms with Gasteiger partial charge >= 0.3 is 0 Å². The van der Waals surface area contributed by atoms with Crippen LogP contribution < -0.4 is 14.8 Å². The monoisotopic (exact) mass is 385 g/mol. The van der Waals surface area contributed by atoms with E-state index < -0.39 is 11.9 Å². The molecule has 0 bridgehead atoms. The van der Waals surface area contributed by atoms with Crippen LogP contribution in [0.5, 0.6) is 11.5 Å². The number of carbonyl (C=O) groups is 1. The van der Waals surface area contributed by atoms with Gasteiger partial charge in [-0.05, 0) is 37.5 Å². The van der Waals surface area contributed by atoms with Crippen molar-refractivity contribution >= 4 is 5.91 Å². The van der Waals surface area contributed by atoms with Crippen molar-refractivity contribution in [3.63, 3.8) is 0 Å². The maximum atomic E-state index is 13.9. The summed E-state index contributed by atoms with van der Waals surface area (Å²) in [6.07, 6.45) is 2.08. The topological polar surface area (TPSA) is 47.6 Å². The van der Waals surface area contributed by atoms with Gasteiger partial charge in [-0.3, -0.25) is 4.79 Å². The zero-order valence-corrected chi connectivity index (χ0v) is 16.7. The first-order chi connectivity index (χ1) is 13.5. The van der Waals surface area contributed by atoms with Gasteiger partial charge in [-0.15, -0.1) is 0 Å². The average Bonchev–Trinajstić information content (AvgIpc) is 2.72. The smallest absolute Gasteiger partial charge is 0.261 e. The summed E-state index contributed by atoms with van der Waals surface area (Å²) >= 11 is 0. The molecule has 0 saturated heterocycles. The van der Waals surface area contributed by atoms with E-state index in [1.807, 2.05) is 31.2 Å². The quantitative estimate of drug-likeness (QED) is 0.714. The van der Waals surface area contributed by atoms with E-state index in [4.69, 9.17) is 9.47 Å². The highest BCUT2D eigenvalue weighted by molar-refractivity contribution is 5.81. The van der Waals surface area contributed by atoms with Crippen molar-refractivity contribution in [2.75, 3.05) is 0 Å². The molecule has 0 aromatic heterocycles. The molecule has 1 aliphatic heterocycles. The normalized spacial score (nSPS) is 18.5. The highest BCUT2D eigenvalue weighted by Crippen LogP contribution is 2.42. The van der Waals surface area contributed by atoms with Crippen molar-refractivity contribution < 1.29 is 18.7 Å². The van der Waals surface area contributed by atoms with Crippen molar-refractivity contribution in [2.24, 2.45) is 0 Å². The number of fused-ring (bicyclic) bond motifs is 1. The largest absolute Gasteiger partial charge is 0.487 e. The summed E-state index contributed by atoms with van der Waals surface area (Å²) < 4.78 is 25.9. The third-order valence-corrected chi connectivity index (χ3v) is 5.57. The van der Waals surface area contributed by atoms with E-state index in [-0.39, 0.29) is 23.3 Å². The van der Waals surface area contributed by atoms with Crippen molar-refractivity contribution in [1.82, 2.24) is 5.32 Å². The molecular weight excluding hydrogens is 357 g/mol. The molecule has 0 fully saturated rings. The van der Waals surface area contributed by atoms with Crippen LogP contribution in [0.15, 0.2) is 48.5 Å². The van der Waals surface area contributed by atoms with Crippen molar-refractivity contribution in [1.29, 1.82) is 0 Å². The molecule has 3 rings (SSSR count). The van der Waals surface area contributed by atoms with Gasteiger partial charge in [0.25, 0.3) is 5.91 Å². The molecule has 2 unspecified atom stereocenters. The van der Waals surface area contributed by atoms with Gasteiger partial charge in [0.2, 0.25) is 0 Å². The number of ether oxygens (including phenoxy) is 2. The molecule has 1 aliphatic rings. The summed E-state index contributed by atoms with van der Waals surface area (Å²) in [5, 5.41) is 3.12. The van der Waals surface area contributed by atoms with E-state index >= 15 is 0 Å². The van der Waals surface area contributed by atoms with Gasteiger partial charge < -0.3 is 14.8 Å². The summed E-state index contributed by atoms with van der Waals surface area (Å²) in [5.41, 5.74) is 0.662. The number of hydrogen-bond acceptors (Lipinski definition) is 3. The summed E-state index contributed by atoms with van der Waals surface area (Å²) in [7, 11) is 0. The van der Waals surface area contributed by atoms with E-state index in [1.165, 1.54) is 12.1 Å². The van der Waals surface area contributed by atoms with Crippen LogP contribution in [0.25, 0.3) is 0 Å². The Labute approximate surface area is 166 Å². The number of hydrogen-bond donors (Lipinski definition) is 1. The lowest BCUT2D eigenvalue weighted by Crippen LogP contribution is -2.47. The molecule has 5 heteroatoms. The lowest BCUT2D eigenvalue weighted by molar-refractivity contribution is -0.129. The molecule has 2 aromatic rings. The Hall–Kier alpha value is -2.56. The van der Waals surface area contributed by atoms with Crippen LogP contribution in [0.3, 0.4) is 0 Å². The van der Waals surface area contributed by atoms with E-state index in [9.17, 15) is 9.18 Å². The highest BCUT2D eigenvalue weighted by Gasteiger charge is 2.39. The number of nitrogens with one attached hydrogen (secondary N) is 1. The Balaban J connectivity index is 1.80. The van der Waals surface area contributed by atoms with Gasteiger partial charge in [0, 0.05) is 12.0 Å². The zero-order chi connectivity index (χ0) is 20.1. The number of rotatable bonds is 7. The van der Waals surface area contributed by atoms with Crippen molar-refractivity contribution in [3.8, 4) is 11.5 Å². The van der Waals surface area contributed by atoms with Gasteiger partial charge in [0.05, 0.1) is 6.04 Å². The summed E-state index contributed by atoms with van der Waals surface area (Å²) in [6, 6.07) is 13.8. The van der Waals surface area contributed by atoms with E-state index in [0.717, 1.165) is 24.2 Å². The molecule has 2 aromatic carbocycles. The fourth-order valence-corrected chi connectivity index (χ4v) is 3.71. The second-order valence-electron chi connectivity index (χ2n) is 7.24. The molecule has 0 saturated carbocycles. The van der Waals surface area contributed by atoms with Crippen molar-refractivity contribution in [3.05, 3.63) is 59.9 Å². The number of amides is 1. The van der Waals surface area contributed by atoms with E-state index in [1.54, 1.807) is 12.1 Å². The SMILES string of the molecule is CCC(Oc1ccccc1F)C(=O)NC1CC(CC)(CC)Oc2ccccc21. The Kier molecular flexibility index (Phi) is 6.22. The van der Waals surface area contributed by atoms with Crippen LogP contribution >= 0.6 is 0 Å². The van der Waals surface area contributed by atoms with Crippen LogP contribution in [0.1, 0.15) is 58.1 Å². The van der Waals surface area contributed by atoms with Crippen LogP contribution in [0, 0.1) is 5.82 Å². The van der Waals surface area contributed by atoms with Gasteiger partial charge in [-0.25, -0.2) is 4.39 Å². The standard InChI is InChI=1S/C23H28FNO3/c1-4-19(27-21-14-10-8-12-17(21)24)22(26)25-18-15-23(5-2,6-3)28-20-13-9-7-11-16(18)20/h7-14,18-19H,4-6,15H2,1-3H3,(H,25,26). The minimum atomic E-state index is -0.760. The second-order valence-corrected chi connectivity index (χ2v) is 7.24. The number of benzene rings is 2. The van der Waals surface area contributed by atoms with Crippen molar-refractivity contribution in [2.45, 2.75) is 64.2 Å². The first kappa shape index (κ1) is 20.2. The molecule has 150 valence electrons. The Morgan fingerprint density at radius 3 is 2.54 bits per heavy atom. The Morgan fingerprint density at radius 2 is 1.86 bits per heavy atom. The van der Waals surface area contributed by atoms with Crippen LogP contribution in [-0.4, -0.2) is 17.6 Å². The zero-order valence-electron chi connectivity index (χ0n) is 16.7. The predicted octanol–water partition coefficient (Wildman–Crippen LogP) is 5.18. The molecule has 2 atom stereocenters. The summed E-state index contributed by atoms with van der Waals surface area (Å²) in [4.78, 5) is 13.0. The van der Waals surface area contributed by atoms with Gasteiger partial charge in [-0.2, -0.15) is 0 Å². The molecule has 0 spiro atoms. The van der Waals surface area contributed by atoms with E-state index in [0.29, 0.717) is 12.8 Å². The lowest BCUT2D eigenvalue weighted by atomic mass is 9.83. The minimum Gasteiger partial charge on any atom is -0.487 e. The van der Waals surface area contributed by atoms with Crippen LogP contribution in [-0.2, 0) is 4.79 Å². The molecule has 0 radical (unpaired) electrons. The Bertz CT molecular complexity index is 819. The molecular formula is C23H28FNO3. The molecule has 4 nitrogen and oxygen atoms in total. The molecule has 1 heterocycles. The minimum absolute atomic E-state index is 0.0911. The first-order valence-corrected chi connectivity index (χ1v) is 10.0. The maximum absolute atomic E-state index is 13.9. The molecule has 0 aliphatic carbocycles. The summed E-state index contributed by atoms with van der Waals surface area (Å²) in [5.74, 6) is 0.189. The average molecular weight is 385 g/mol. The van der Waals surface area contributed by atoms with Gasteiger partial charge in [0.15, 0.2) is 17.7 Å². The third kappa shape index (κ3) is 4.13. The molecule has 28 heavy (non-hydrogen) atoms. The number of carbonyl (C=O) groups excluding carboxylic acids is 1. The first-order valence-electron chi connectivity index (χ1n) is 10.0. The van der Waals surface area contributed by atoms with E-state index in [2.05, 4.69) is 19.2 Å². The lowest BCUT2D eigenvalue weighted by Gasteiger charge is -2.42. The maximum Gasteiger partial charge on any atom is 0.261 e. The van der Waals surface area contributed by atoms with Gasteiger partial charge in [0.1, 0.15) is 11.4 Å².